The number of hydrogen-bond acceptors (Lipinski definition) is 4. The number of hydrogen-bond donors (Lipinski definition) is 3. The number of nitrogens with zero attached hydrogens (tertiary/aromatic N) is 3. The molecule has 1 amide bonds. The second-order valence-electron chi connectivity index (χ2n) is 6.92. The third-order valence-corrected chi connectivity index (χ3v) is 5.15. The number of H-pyrrole nitrogens is 1. The first-order chi connectivity index (χ1) is 11.1. The van der Waals surface area contributed by atoms with Crippen LogP contribution in [0.25, 0.3) is 11.0 Å². The van der Waals surface area contributed by atoms with Gasteiger partial charge in [-0.1, -0.05) is 6.92 Å². The number of amides is 1. The van der Waals surface area contributed by atoms with E-state index in [-0.39, 0.29) is 11.5 Å². The summed E-state index contributed by atoms with van der Waals surface area (Å²) in [4.78, 5) is 24.7. The Balaban J connectivity index is 1.64. The smallest absolute Gasteiger partial charge is 0.407 e. The van der Waals surface area contributed by atoms with Gasteiger partial charge in [-0.25, -0.2) is 14.8 Å². The van der Waals surface area contributed by atoms with Crippen molar-refractivity contribution >= 4 is 22.9 Å². The van der Waals surface area contributed by atoms with E-state index in [2.05, 4.69) is 27.2 Å². The summed E-state index contributed by atoms with van der Waals surface area (Å²) in [5.74, 6) is 0.816. The quantitative estimate of drug-likeness (QED) is 0.809. The van der Waals surface area contributed by atoms with Gasteiger partial charge in [0.15, 0.2) is 0 Å². The number of likely N-dealkylation sites (tertiary alicyclic amines) is 1. The van der Waals surface area contributed by atoms with E-state index in [0.29, 0.717) is 13.1 Å². The van der Waals surface area contributed by atoms with Crippen molar-refractivity contribution in [3.05, 3.63) is 18.1 Å². The Morgan fingerprint density at radius 3 is 3.04 bits per heavy atom. The summed E-state index contributed by atoms with van der Waals surface area (Å²) >= 11 is 0. The van der Waals surface area contributed by atoms with Crippen LogP contribution in [-0.2, 0) is 5.41 Å². The molecule has 1 saturated carbocycles. The summed E-state index contributed by atoms with van der Waals surface area (Å²) in [5.41, 5.74) is 2.33. The van der Waals surface area contributed by atoms with Gasteiger partial charge in [-0.2, -0.15) is 0 Å². The zero-order valence-electron chi connectivity index (χ0n) is 13.2. The lowest BCUT2D eigenvalue weighted by atomic mass is 9.98. The van der Waals surface area contributed by atoms with Gasteiger partial charge in [0.05, 0.1) is 5.39 Å². The molecule has 1 atom stereocenters. The Morgan fingerprint density at radius 1 is 1.48 bits per heavy atom. The summed E-state index contributed by atoms with van der Waals surface area (Å²) < 4.78 is 0. The van der Waals surface area contributed by atoms with Crippen molar-refractivity contribution in [2.45, 2.75) is 44.1 Å². The molecule has 1 unspecified atom stereocenters. The number of carbonyl (C=O) groups is 1. The minimum atomic E-state index is -0.850. The monoisotopic (exact) mass is 315 g/mol. The minimum Gasteiger partial charge on any atom is -0.465 e. The van der Waals surface area contributed by atoms with Gasteiger partial charge >= 0.3 is 6.09 Å². The van der Waals surface area contributed by atoms with Crippen LogP contribution in [0.2, 0.25) is 0 Å². The molecule has 1 saturated heterocycles. The van der Waals surface area contributed by atoms with Gasteiger partial charge in [0.2, 0.25) is 0 Å². The molecule has 3 heterocycles. The fourth-order valence-corrected chi connectivity index (χ4v) is 3.47. The van der Waals surface area contributed by atoms with Crippen molar-refractivity contribution in [2.24, 2.45) is 0 Å². The molecular weight excluding hydrogens is 294 g/mol. The molecule has 2 aromatic rings. The van der Waals surface area contributed by atoms with Gasteiger partial charge in [0.25, 0.3) is 0 Å². The van der Waals surface area contributed by atoms with Crippen molar-refractivity contribution in [3.8, 4) is 0 Å². The predicted molar refractivity (Wildman–Crippen MR) is 86.7 cm³/mol. The molecule has 7 nitrogen and oxygen atoms in total. The molecular formula is C16H21N5O2. The Kier molecular flexibility index (Phi) is 3.18. The normalized spacial score (nSPS) is 23.0. The molecule has 3 N–H and O–H groups in total. The molecule has 23 heavy (non-hydrogen) atoms. The summed E-state index contributed by atoms with van der Waals surface area (Å²) in [6, 6.07) is 0.0905. The van der Waals surface area contributed by atoms with Gasteiger partial charge in [0.1, 0.15) is 17.8 Å². The largest absolute Gasteiger partial charge is 0.465 e. The molecule has 0 aromatic carbocycles. The fraction of sp³-hybridized carbons (Fsp3) is 0.562. The standard InChI is InChI=1S/C16H21N5O2/c1-16(4-5-16)11-7-17-13-12(11)14(19-9-18-13)20-10-3-2-6-21(8-10)15(22)23/h7,9-10H,2-6,8H2,1H3,(H,22,23)(H2,17,18,19,20). The third-order valence-electron chi connectivity index (χ3n) is 5.15. The molecule has 0 spiro atoms. The van der Waals surface area contributed by atoms with E-state index < -0.39 is 6.09 Å². The van der Waals surface area contributed by atoms with Crippen molar-refractivity contribution in [1.82, 2.24) is 19.9 Å². The molecule has 2 aliphatic rings. The van der Waals surface area contributed by atoms with E-state index in [0.717, 1.165) is 29.7 Å². The second-order valence-corrected chi connectivity index (χ2v) is 6.92. The maximum Gasteiger partial charge on any atom is 0.407 e. The first-order valence-corrected chi connectivity index (χ1v) is 8.14. The van der Waals surface area contributed by atoms with Crippen molar-refractivity contribution in [1.29, 1.82) is 0 Å². The number of rotatable bonds is 3. The van der Waals surface area contributed by atoms with E-state index in [1.165, 1.54) is 23.3 Å². The first kappa shape index (κ1) is 14.3. The van der Waals surface area contributed by atoms with Crippen LogP contribution < -0.4 is 5.32 Å². The maximum absolute atomic E-state index is 11.2. The number of nitrogens with one attached hydrogen (secondary N) is 2. The summed E-state index contributed by atoms with van der Waals surface area (Å²) in [5, 5.41) is 13.7. The number of aromatic nitrogens is 3. The fourth-order valence-electron chi connectivity index (χ4n) is 3.47. The molecule has 1 aliphatic heterocycles. The SMILES string of the molecule is CC1(c2c[nH]c3ncnc(NC4CCCN(C(=O)O)C4)c23)CC1. The number of piperidine rings is 1. The van der Waals surface area contributed by atoms with Crippen LogP contribution in [0.3, 0.4) is 0 Å². The van der Waals surface area contributed by atoms with Crippen LogP contribution >= 0.6 is 0 Å². The van der Waals surface area contributed by atoms with Gasteiger partial charge in [0, 0.05) is 25.3 Å². The number of aromatic amines is 1. The minimum absolute atomic E-state index is 0.0905. The van der Waals surface area contributed by atoms with E-state index in [4.69, 9.17) is 0 Å². The van der Waals surface area contributed by atoms with Gasteiger partial charge < -0.3 is 20.3 Å². The van der Waals surface area contributed by atoms with Crippen LogP contribution in [-0.4, -0.2) is 50.2 Å². The van der Waals surface area contributed by atoms with Crippen molar-refractivity contribution in [2.75, 3.05) is 18.4 Å². The van der Waals surface area contributed by atoms with E-state index in [9.17, 15) is 9.90 Å². The molecule has 4 rings (SSSR count). The molecule has 2 aromatic heterocycles. The van der Waals surface area contributed by atoms with Gasteiger partial charge in [-0.3, -0.25) is 0 Å². The zero-order valence-corrected chi connectivity index (χ0v) is 13.2. The highest BCUT2D eigenvalue weighted by Gasteiger charge is 2.41. The van der Waals surface area contributed by atoms with Gasteiger partial charge in [-0.05, 0) is 36.7 Å². The lowest BCUT2D eigenvalue weighted by molar-refractivity contribution is 0.133. The number of anilines is 1. The van der Waals surface area contributed by atoms with Crippen molar-refractivity contribution in [3.63, 3.8) is 0 Å². The molecule has 0 bridgehead atoms. The van der Waals surface area contributed by atoms with Crippen LogP contribution in [0.1, 0.15) is 38.2 Å². The van der Waals surface area contributed by atoms with Crippen LogP contribution in [0.15, 0.2) is 12.5 Å². The van der Waals surface area contributed by atoms with Gasteiger partial charge in [-0.15, -0.1) is 0 Å². The predicted octanol–water partition coefficient (Wildman–Crippen LogP) is 2.56. The first-order valence-electron chi connectivity index (χ1n) is 8.14. The average molecular weight is 315 g/mol. The Morgan fingerprint density at radius 2 is 2.30 bits per heavy atom. The average Bonchev–Trinajstić information content (AvgIpc) is 3.12. The number of fused-ring (bicyclic) bond motifs is 1. The lowest BCUT2D eigenvalue weighted by Gasteiger charge is -2.31. The van der Waals surface area contributed by atoms with Crippen LogP contribution in [0.4, 0.5) is 10.6 Å². The summed E-state index contributed by atoms with van der Waals surface area (Å²) in [7, 11) is 0. The molecule has 2 fully saturated rings. The molecule has 1 aliphatic carbocycles. The van der Waals surface area contributed by atoms with E-state index in [1.807, 2.05) is 6.20 Å². The molecule has 122 valence electrons. The molecule has 7 heteroatoms. The highest BCUT2D eigenvalue weighted by molar-refractivity contribution is 5.91. The molecule has 0 radical (unpaired) electrons. The Labute approximate surface area is 134 Å². The number of carboxylic acid groups (broad SMARTS) is 1. The highest BCUT2D eigenvalue weighted by atomic mass is 16.4. The highest BCUT2D eigenvalue weighted by Crippen LogP contribution is 2.50. The van der Waals surface area contributed by atoms with Crippen molar-refractivity contribution < 1.29 is 9.90 Å². The summed E-state index contributed by atoms with van der Waals surface area (Å²) in [6.45, 7) is 3.37. The summed E-state index contributed by atoms with van der Waals surface area (Å²) in [6.07, 6.45) is 6.94. The zero-order chi connectivity index (χ0) is 16.0. The lowest BCUT2D eigenvalue weighted by Crippen LogP contribution is -2.44. The maximum atomic E-state index is 11.2. The third kappa shape index (κ3) is 2.50. The second kappa shape index (κ2) is 5.11. The van der Waals surface area contributed by atoms with Crippen LogP contribution in [0, 0.1) is 0 Å². The van der Waals surface area contributed by atoms with E-state index >= 15 is 0 Å². The Hall–Kier alpha value is -2.31. The Bertz CT molecular complexity index is 752. The van der Waals surface area contributed by atoms with E-state index in [1.54, 1.807) is 6.33 Å². The topological polar surface area (TPSA) is 94.1 Å². The van der Waals surface area contributed by atoms with Crippen LogP contribution in [0.5, 0.6) is 0 Å².